The smallest absolute Gasteiger partial charge is 0.478 e. The number of aliphatic hydroxyl groups is 1. The van der Waals surface area contributed by atoms with Crippen LogP contribution in [0.15, 0.2) is 0 Å². The molecule has 14 heavy (non-hydrogen) atoms. The highest BCUT2D eigenvalue weighted by molar-refractivity contribution is 5.82. The van der Waals surface area contributed by atoms with Gasteiger partial charge in [-0.1, -0.05) is 6.92 Å². The molecule has 1 fully saturated rings. The minimum atomic E-state index is -1.72. The van der Waals surface area contributed by atoms with Crippen molar-refractivity contribution in [1.82, 2.24) is 0 Å². The first-order valence-electron chi connectivity index (χ1n) is 4.27. The van der Waals surface area contributed by atoms with Gasteiger partial charge in [0.2, 0.25) is 5.60 Å². The number of hydrogen-bond donors (Lipinski definition) is 2. The van der Waals surface area contributed by atoms with Crippen molar-refractivity contribution in [1.29, 1.82) is 0 Å². The lowest BCUT2D eigenvalue weighted by Crippen LogP contribution is -2.44. The monoisotopic (exact) mass is 204 g/mol. The molecule has 2 N–H and O–H groups in total. The summed E-state index contributed by atoms with van der Waals surface area (Å²) < 4.78 is 8.98. The highest BCUT2D eigenvalue weighted by Crippen LogP contribution is 2.26. The van der Waals surface area contributed by atoms with E-state index in [1.54, 1.807) is 6.92 Å². The van der Waals surface area contributed by atoms with Gasteiger partial charge in [0.25, 0.3) is 0 Å². The molecule has 80 valence electrons. The summed E-state index contributed by atoms with van der Waals surface area (Å²) in [5, 5.41) is 18.2. The maximum absolute atomic E-state index is 10.9. The Morgan fingerprint density at radius 2 is 2.36 bits per heavy atom. The topological polar surface area (TPSA) is 93.1 Å². The minimum absolute atomic E-state index is 0.148. The number of carboxylic acid groups (broad SMARTS) is 1. The van der Waals surface area contributed by atoms with Crippen molar-refractivity contribution < 1.29 is 29.3 Å². The highest BCUT2D eigenvalue weighted by Gasteiger charge is 2.50. The Labute approximate surface area is 80.4 Å². The molecule has 2 unspecified atom stereocenters. The number of rotatable bonds is 4. The Morgan fingerprint density at radius 1 is 1.71 bits per heavy atom. The Hall–Kier alpha value is -1.30. The minimum Gasteiger partial charge on any atom is -0.478 e. The van der Waals surface area contributed by atoms with Crippen molar-refractivity contribution in [2.75, 3.05) is 6.61 Å². The van der Waals surface area contributed by atoms with Crippen LogP contribution in [-0.2, 0) is 14.3 Å². The zero-order chi connectivity index (χ0) is 10.8. The first-order chi connectivity index (χ1) is 6.50. The molecule has 1 rings (SSSR count). The molecule has 0 amide bonds. The van der Waals surface area contributed by atoms with Gasteiger partial charge in [0.05, 0.1) is 6.10 Å². The first-order valence-corrected chi connectivity index (χ1v) is 4.27. The number of cyclic esters (lactones) is 2. The molecule has 6 heteroatoms. The molecule has 1 heterocycles. The number of carbonyl (C=O) groups is 2. The van der Waals surface area contributed by atoms with Crippen LogP contribution in [-0.4, -0.2) is 40.6 Å². The van der Waals surface area contributed by atoms with E-state index in [2.05, 4.69) is 9.47 Å². The molecule has 0 aromatic carbocycles. The second-order valence-electron chi connectivity index (χ2n) is 3.21. The number of ether oxygens (including phenoxy) is 2. The summed E-state index contributed by atoms with van der Waals surface area (Å²) in [4.78, 5) is 21.5. The number of hydrogen-bond acceptors (Lipinski definition) is 5. The van der Waals surface area contributed by atoms with Crippen LogP contribution in [0.2, 0.25) is 0 Å². The third-order valence-electron chi connectivity index (χ3n) is 2.13. The van der Waals surface area contributed by atoms with E-state index in [0.717, 1.165) is 0 Å². The van der Waals surface area contributed by atoms with E-state index in [1.807, 2.05) is 0 Å². The van der Waals surface area contributed by atoms with Gasteiger partial charge in [-0.25, -0.2) is 9.59 Å². The zero-order valence-corrected chi connectivity index (χ0v) is 7.73. The summed E-state index contributed by atoms with van der Waals surface area (Å²) >= 11 is 0. The van der Waals surface area contributed by atoms with Gasteiger partial charge in [0.15, 0.2) is 0 Å². The van der Waals surface area contributed by atoms with Crippen LogP contribution in [0.1, 0.15) is 19.8 Å². The summed E-state index contributed by atoms with van der Waals surface area (Å²) in [7, 11) is 0. The SMILES string of the molecule is CCC(O)CC1(C(=O)O)COC(=O)O1. The number of aliphatic hydroxyl groups excluding tert-OH is 1. The molecular weight excluding hydrogens is 192 g/mol. The second kappa shape index (κ2) is 3.83. The van der Waals surface area contributed by atoms with Crippen molar-refractivity contribution in [3.8, 4) is 0 Å². The van der Waals surface area contributed by atoms with Crippen LogP contribution in [0.25, 0.3) is 0 Å². The van der Waals surface area contributed by atoms with E-state index in [0.29, 0.717) is 6.42 Å². The standard InChI is InChI=1S/C8H12O6/c1-2-5(9)3-8(6(10)11)4-13-7(12)14-8/h5,9H,2-4H2,1H3,(H,10,11). The molecule has 1 aliphatic heterocycles. The molecule has 1 aliphatic rings. The Bertz CT molecular complexity index is 250. The normalized spacial score (nSPS) is 28.0. The van der Waals surface area contributed by atoms with Crippen LogP contribution >= 0.6 is 0 Å². The van der Waals surface area contributed by atoms with Crippen LogP contribution in [0.5, 0.6) is 0 Å². The third kappa shape index (κ3) is 1.95. The van der Waals surface area contributed by atoms with E-state index >= 15 is 0 Å². The van der Waals surface area contributed by atoms with Gasteiger partial charge >= 0.3 is 12.1 Å². The second-order valence-corrected chi connectivity index (χ2v) is 3.21. The largest absolute Gasteiger partial charge is 0.509 e. The summed E-state index contributed by atoms with van der Waals surface area (Å²) in [6, 6.07) is 0. The van der Waals surface area contributed by atoms with Crippen LogP contribution in [0, 0.1) is 0 Å². The van der Waals surface area contributed by atoms with Gasteiger partial charge in [-0.2, -0.15) is 0 Å². The predicted molar refractivity (Wildman–Crippen MR) is 43.7 cm³/mol. The van der Waals surface area contributed by atoms with Gasteiger partial charge in [-0.15, -0.1) is 0 Å². The van der Waals surface area contributed by atoms with E-state index in [9.17, 15) is 14.7 Å². The Morgan fingerprint density at radius 3 is 2.71 bits per heavy atom. The lowest BCUT2D eigenvalue weighted by molar-refractivity contribution is -0.158. The van der Waals surface area contributed by atoms with Crippen LogP contribution < -0.4 is 0 Å². The molecule has 0 aliphatic carbocycles. The summed E-state index contributed by atoms with van der Waals surface area (Å²) in [5.41, 5.74) is -1.72. The van der Waals surface area contributed by atoms with Crippen LogP contribution in [0.4, 0.5) is 4.79 Å². The van der Waals surface area contributed by atoms with E-state index in [4.69, 9.17) is 5.11 Å². The third-order valence-corrected chi connectivity index (χ3v) is 2.13. The summed E-state index contributed by atoms with van der Waals surface area (Å²) in [6.07, 6.45) is -1.58. The molecule has 0 saturated carbocycles. The lowest BCUT2D eigenvalue weighted by atomic mass is 9.96. The van der Waals surface area contributed by atoms with Crippen molar-refractivity contribution in [3.63, 3.8) is 0 Å². The van der Waals surface area contributed by atoms with Gasteiger partial charge in [-0.3, -0.25) is 0 Å². The average Bonchev–Trinajstić information content (AvgIpc) is 2.48. The van der Waals surface area contributed by atoms with E-state index in [-0.39, 0.29) is 13.0 Å². The fourth-order valence-corrected chi connectivity index (χ4v) is 1.21. The molecule has 2 atom stereocenters. The molecule has 0 radical (unpaired) electrons. The highest BCUT2D eigenvalue weighted by atomic mass is 16.8. The molecule has 0 spiro atoms. The fraction of sp³-hybridized carbons (Fsp3) is 0.750. The van der Waals surface area contributed by atoms with Crippen molar-refractivity contribution in [2.24, 2.45) is 0 Å². The summed E-state index contributed by atoms with van der Waals surface area (Å²) in [5.74, 6) is -1.30. The number of carbonyl (C=O) groups excluding carboxylic acids is 1. The predicted octanol–water partition coefficient (Wildman–Crippen LogP) is 0.138. The number of aliphatic carboxylic acids is 1. The van der Waals surface area contributed by atoms with Gasteiger partial charge < -0.3 is 19.7 Å². The van der Waals surface area contributed by atoms with E-state index < -0.39 is 23.8 Å². The molecule has 6 nitrogen and oxygen atoms in total. The van der Waals surface area contributed by atoms with Gasteiger partial charge in [0, 0.05) is 6.42 Å². The van der Waals surface area contributed by atoms with Gasteiger partial charge in [0.1, 0.15) is 6.61 Å². The molecule has 0 bridgehead atoms. The molecule has 0 aromatic heterocycles. The average molecular weight is 204 g/mol. The van der Waals surface area contributed by atoms with Crippen molar-refractivity contribution in [3.05, 3.63) is 0 Å². The Kier molecular flexibility index (Phi) is 2.95. The maximum Gasteiger partial charge on any atom is 0.509 e. The fourth-order valence-electron chi connectivity index (χ4n) is 1.21. The Balaban J connectivity index is 2.73. The molecule has 1 saturated heterocycles. The quantitative estimate of drug-likeness (QED) is 0.632. The molecular formula is C8H12O6. The van der Waals surface area contributed by atoms with Gasteiger partial charge in [-0.05, 0) is 6.42 Å². The summed E-state index contributed by atoms with van der Waals surface area (Å²) in [6.45, 7) is 1.36. The van der Waals surface area contributed by atoms with Crippen molar-refractivity contribution in [2.45, 2.75) is 31.5 Å². The van der Waals surface area contributed by atoms with E-state index in [1.165, 1.54) is 0 Å². The lowest BCUT2D eigenvalue weighted by Gasteiger charge is -2.21. The van der Waals surface area contributed by atoms with Crippen molar-refractivity contribution >= 4 is 12.1 Å². The first kappa shape index (κ1) is 10.8. The zero-order valence-electron chi connectivity index (χ0n) is 7.73. The molecule has 0 aromatic rings. The number of carboxylic acids is 1. The maximum atomic E-state index is 10.9. The van der Waals surface area contributed by atoms with Crippen LogP contribution in [0.3, 0.4) is 0 Å².